The molecule has 0 amide bonds. The zero-order valence-electron chi connectivity index (χ0n) is 43.1. The molecule has 4 nitrogen and oxygen atoms in total. The summed E-state index contributed by atoms with van der Waals surface area (Å²) in [5, 5.41) is 20.2. The van der Waals surface area contributed by atoms with Crippen LogP contribution in [0.2, 0.25) is 39.3 Å². The van der Waals surface area contributed by atoms with Crippen LogP contribution in [-0.2, 0) is 5.41 Å². The van der Waals surface area contributed by atoms with Gasteiger partial charge in [-0.2, -0.15) is 5.26 Å². The van der Waals surface area contributed by atoms with E-state index < -0.39 is 21.6 Å². The summed E-state index contributed by atoms with van der Waals surface area (Å²) in [4.78, 5) is 8.50. The molecule has 0 saturated carbocycles. The predicted octanol–water partition coefficient (Wildman–Crippen LogP) is 17.9. The third-order valence-corrected chi connectivity index (χ3v) is 20.1. The molecule has 2 aliphatic rings. The first-order valence-corrected chi connectivity index (χ1v) is 32.9. The lowest BCUT2D eigenvalue weighted by molar-refractivity contribution is 0.795. The Hall–Kier alpha value is -8.79. The van der Waals surface area contributed by atoms with Crippen LogP contribution in [0.4, 0.5) is 39.8 Å². The third-order valence-electron chi connectivity index (χ3n) is 16.0. The quantitative estimate of drug-likeness (QED) is 0.0864. The van der Waals surface area contributed by atoms with Crippen LogP contribution in [0.25, 0.3) is 59.4 Å². The Bertz CT molecular complexity index is 4040. The van der Waals surface area contributed by atoms with Gasteiger partial charge in [-0.3, -0.25) is 0 Å². The Labute approximate surface area is 441 Å². The SMILES string of the molecule is [C-]#[N+]c1ccc(N(c2ccc([Si](C)(C)C)cc2)c2ccc3c(c2)C2(c4ccccc4-c4cc5c6ccccc6c6ccccc6c5cc42)c2cc(N(c4ccc(C#N)cc4)c4ccc([Si](C)(C)C)cc4)ccc2-3)cc1. The van der Waals surface area contributed by atoms with E-state index in [0.29, 0.717) is 11.3 Å². The average molecular weight is 995 g/mol. The highest BCUT2D eigenvalue weighted by molar-refractivity contribution is 6.89. The summed E-state index contributed by atoms with van der Waals surface area (Å²) in [7, 11) is -3.19. The highest BCUT2D eigenvalue weighted by atomic mass is 28.3. The number of anilines is 6. The zero-order valence-corrected chi connectivity index (χ0v) is 45.1. The molecule has 0 radical (unpaired) electrons. The normalized spacial score (nSPS) is 14.3. The van der Waals surface area contributed by atoms with Gasteiger partial charge < -0.3 is 9.80 Å². The van der Waals surface area contributed by atoms with Crippen LogP contribution in [0.3, 0.4) is 0 Å². The Morgan fingerprint density at radius 3 is 1.20 bits per heavy atom. The maximum Gasteiger partial charge on any atom is 0.187 e. The molecule has 1 atom stereocenters. The van der Waals surface area contributed by atoms with E-state index >= 15 is 0 Å². The molecule has 0 bridgehead atoms. The summed E-state index contributed by atoms with van der Waals surface area (Å²) in [6.07, 6.45) is 0. The van der Waals surface area contributed by atoms with Gasteiger partial charge in [-0.1, -0.05) is 171 Å². The maximum absolute atomic E-state index is 9.93. The number of nitrogens with zero attached hydrogens (tertiary/aromatic N) is 4. The van der Waals surface area contributed by atoms with Crippen LogP contribution < -0.4 is 20.2 Å². The summed E-state index contributed by atoms with van der Waals surface area (Å²) in [6.45, 7) is 22.2. The second-order valence-electron chi connectivity index (χ2n) is 22.3. The minimum absolute atomic E-state index is 0.612. The summed E-state index contributed by atoms with van der Waals surface area (Å²) in [5.41, 5.74) is 16.6. The highest BCUT2D eigenvalue weighted by Crippen LogP contribution is 2.65. The van der Waals surface area contributed by atoms with E-state index in [0.717, 1.165) is 34.1 Å². The van der Waals surface area contributed by atoms with Crippen molar-refractivity contribution in [2.45, 2.75) is 44.7 Å². The summed E-state index contributed by atoms with van der Waals surface area (Å²) < 4.78 is 0. The molecule has 6 heteroatoms. The molecule has 0 fully saturated rings. The Kier molecular flexibility index (Phi) is 10.5. The van der Waals surface area contributed by atoms with Crippen molar-refractivity contribution in [2.75, 3.05) is 9.80 Å². The van der Waals surface area contributed by atoms with Crippen molar-refractivity contribution in [1.29, 1.82) is 5.26 Å². The van der Waals surface area contributed by atoms with Crippen molar-refractivity contribution < 1.29 is 0 Å². The summed E-state index contributed by atoms with van der Waals surface area (Å²) in [5.74, 6) is 0. The molecule has 0 aromatic heterocycles. The van der Waals surface area contributed by atoms with E-state index in [-0.39, 0.29) is 0 Å². The van der Waals surface area contributed by atoms with Crippen molar-refractivity contribution in [3.63, 3.8) is 0 Å². The van der Waals surface area contributed by atoms with E-state index in [1.54, 1.807) is 0 Å². The number of benzene rings is 11. The van der Waals surface area contributed by atoms with Crippen LogP contribution >= 0.6 is 0 Å². The van der Waals surface area contributed by atoms with E-state index in [1.165, 1.54) is 87.2 Å². The number of hydrogen-bond acceptors (Lipinski definition) is 3. The van der Waals surface area contributed by atoms with Gasteiger partial charge >= 0.3 is 0 Å². The lowest BCUT2D eigenvalue weighted by Gasteiger charge is -2.33. The van der Waals surface area contributed by atoms with Crippen molar-refractivity contribution in [1.82, 2.24) is 0 Å². The van der Waals surface area contributed by atoms with Gasteiger partial charge in [-0.15, -0.1) is 0 Å². The van der Waals surface area contributed by atoms with E-state index in [4.69, 9.17) is 6.57 Å². The molecule has 11 aromatic carbocycles. The number of fused-ring (bicyclic) bond motifs is 16. The third kappa shape index (κ3) is 7.20. The Morgan fingerprint density at radius 1 is 0.373 bits per heavy atom. The van der Waals surface area contributed by atoms with Crippen LogP contribution in [-0.4, -0.2) is 16.1 Å². The molecule has 0 saturated heterocycles. The molecule has 0 N–H and O–H groups in total. The van der Waals surface area contributed by atoms with Crippen molar-refractivity contribution in [3.8, 4) is 28.3 Å². The number of nitriles is 1. The van der Waals surface area contributed by atoms with Crippen molar-refractivity contribution in [3.05, 3.63) is 258 Å². The number of rotatable bonds is 8. The van der Waals surface area contributed by atoms with Crippen molar-refractivity contribution >= 4 is 98.7 Å². The van der Waals surface area contributed by atoms with Gasteiger partial charge in [0.05, 0.1) is 39.8 Å². The lowest BCUT2D eigenvalue weighted by Crippen LogP contribution is -2.37. The minimum Gasteiger partial charge on any atom is -0.311 e. The average Bonchev–Trinajstić information content (AvgIpc) is 3.90. The van der Waals surface area contributed by atoms with Crippen molar-refractivity contribution in [2.24, 2.45) is 0 Å². The smallest absolute Gasteiger partial charge is 0.187 e. The molecule has 75 heavy (non-hydrogen) atoms. The van der Waals surface area contributed by atoms with Gasteiger partial charge in [0, 0.05) is 34.1 Å². The van der Waals surface area contributed by atoms with E-state index in [9.17, 15) is 5.26 Å². The fourth-order valence-electron chi connectivity index (χ4n) is 12.3. The molecular formula is C69H54N4Si2. The molecule has 358 valence electrons. The fourth-order valence-corrected chi connectivity index (χ4v) is 14.6. The van der Waals surface area contributed by atoms with Gasteiger partial charge in [0.2, 0.25) is 0 Å². The molecular weight excluding hydrogens is 941 g/mol. The summed E-state index contributed by atoms with van der Waals surface area (Å²) in [6, 6.07) is 82.9. The second-order valence-corrected chi connectivity index (χ2v) is 32.5. The summed E-state index contributed by atoms with van der Waals surface area (Å²) >= 11 is 0. The second kappa shape index (κ2) is 17.2. The molecule has 1 spiro atoms. The largest absolute Gasteiger partial charge is 0.311 e. The molecule has 2 aliphatic carbocycles. The van der Waals surface area contributed by atoms with Crippen LogP contribution in [0, 0.1) is 17.9 Å². The first-order valence-electron chi connectivity index (χ1n) is 25.9. The highest BCUT2D eigenvalue weighted by Gasteiger charge is 2.52. The van der Waals surface area contributed by atoms with Crippen LogP contribution in [0.1, 0.15) is 27.8 Å². The molecule has 13 rings (SSSR count). The van der Waals surface area contributed by atoms with Gasteiger partial charge in [-0.05, 0) is 174 Å². The minimum atomic E-state index is -1.59. The van der Waals surface area contributed by atoms with E-state index in [2.05, 4.69) is 254 Å². The molecule has 0 heterocycles. The first-order chi connectivity index (χ1) is 36.3. The Balaban J connectivity index is 1.12. The van der Waals surface area contributed by atoms with Gasteiger partial charge in [0.1, 0.15) is 0 Å². The molecule has 1 unspecified atom stereocenters. The molecule has 11 aromatic rings. The first kappa shape index (κ1) is 46.0. The van der Waals surface area contributed by atoms with E-state index in [1.807, 2.05) is 24.3 Å². The predicted molar refractivity (Wildman–Crippen MR) is 322 cm³/mol. The maximum atomic E-state index is 9.93. The lowest BCUT2D eigenvalue weighted by atomic mass is 9.70. The monoisotopic (exact) mass is 994 g/mol. The number of hydrogen-bond donors (Lipinski definition) is 0. The van der Waals surface area contributed by atoms with Crippen LogP contribution in [0.5, 0.6) is 0 Å². The van der Waals surface area contributed by atoms with Gasteiger partial charge in [0.25, 0.3) is 0 Å². The topological polar surface area (TPSA) is 34.6 Å². The standard InChI is InChI=1S/C69H54N4Si2/c1-71-46-22-26-48(27-23-46)73(50-30-36-54(37-31-50)75(5,6)7)52-33-39-61-60-38-32-51(72(47-24-20-45(44-70)21-25-47)49-28-34-53(35-29-49)74(2,3)4)40-66(60)69(67(61)41-52)65-19-13-12-18-59(65)64-42-62-57-16-10-8-14-55(57)56-15-9-11-17-58(56)63(62)43-68(64)69/h8-43H,2-7H3. The fraction of sp³-hybridized carbons (Fsp3) is 0.101. The van der Waals surface area contributed by atoms with Crippen LogP contribution in [0.15, 0.2) is 218 Å². The van der Waals surface area contributed by atoms with Gasteiger partial charge in [0.15, 0.2) is 5.69 Å². The zero-order chi connectivity index (χ0) is 51.4. The Morgan fingerprint density at radius 2 is 0.747 bits per heavy atom. The molecule has 0 aliphatic heterocycles. The van der Waals surface area contributed by atoms with Gasteiger partial charge in [-0.25, -0.2) is 4.85 Å².